The molecule has 0 aliphatic carbocycles. The van der Waals surface area contributed by atoms with Crippen molar-refractivity contribution in [2.24, 2.45) is 0 Å². The molecule has 3 aromatic carbocycles. The average molecular weight is 421 g/mol. The molecule has 158 valence electrons. The number of carbonyl (C=O) groups is 2. The summed E-state index contributed by atoms with van der Waals surface area (Å²) in [5.41, 5.74) is 3.59. The Kier molecular flexibility index (Phi) is 7.95. The van der Waals surface area contributed by atoms with E-state index in [1.165, 1.54) is 0 Å². The Hall–Kier alpha value is -4.16. The van der Waals surface area contributed by atoms with Gasteiger partial charge in [-0.2, -0.15) is 0 Å². The Morgan fingerprint density at radius 1 is 0.812 bits per heavy atom. The van der Waals surface area contributed by atoms with Gasteiger partial charge in [0.25, 0.3) is 0 Å². The largest absolute Gasteiger partial charge is 0.462 e. The van der Waals surface area contributed by atoms with Crippen molar-refractivity contribution < 1.29 is 14.3 Å². The number of ketones is 1. The van der Waals surface area contributed by atoms with Crippen molar-refractivity contribution in [3.05, 3.63) is 118 Å². The second-order valence-corrected chi connectivity index (χ2v) is 7.05. The van der Waals surface area contributed by atoms with E-state index in [0.29, 0.717) is 11.1 Å². The Bertz CT molecular complexity index is 1210. The summed E-state index contributed by atoms with van der Waals surface area (Å²) in [7, 11) is 0. The lowest BCUT2D eigenvalue weighted by Crippen LogP contribution is -2.16. The SMILES string of the molecule is CCOC(=O)/C(=C/c1ccccc1C#Cc1ccccc1)C(=O)/C(C)=C/c1ccccc1. The molecule has 0 atom stereocenters. The second kappa shape index (κ2) is 11.3. The van der Waals surface area contributed by atoms with Crippen LogP contribution in [0.25, 0.3) is 12.2 Å². The molecule has 0 aliphatic heterocycles. The van der Waals surface area contributed by atoms with Crippen molar-refractivity contribution in [3.8, 4) is 11.8 Å². The van der Waals surface area contributed by atoms with Crippen molar-refractivity contribution in [1.29, 1.82) is 0 Å². The summed E-state index contributed by atoms with van der Waals surface area (Å²) < 4.78 is 5.18. The Morgan fingerprint density at radius 2 is 1.44 bits per heavy atom. The molecule has 0 fully saturated rings. The van der Waals surface area contributed by atoms with Crippen LogP contribution in [0.15, 0.2) is 96.1 Å². The molecule has 0 saturated carbocycles. The molecule has 0 amide bonds. The van der Waals surface area contributed by atoms with Gasteiger partial charge in [-0.25, -0.2) is 4.79 Å². The maximum Gasteiger partial charge on any atom is 0.342 e. The quantitative estimate of drug-likeness (QED) is 0.169. The fraction of sp³-hybridized carbons (Fsp3) is 0.103. The van der Waals surface area contributed by atoms with Gasteiger partial charge in [-0.15, -0.1) is 0 Å². The van der Waals surface area contributed by atoms with Gasteiger partial charge >= 0.3 is 5.97 Å². The number of hydrogen-bond acceptors (Lipinski definition) is 3. The Morgan fingerprint density at radius 3 is 2.12 bits per heavy atom. The first-order valence-corrected chi connectivity index (χ1v) is 10.4. The van der Waals surface area contributed by atoms with Crippen molar-refractivity contribution in [3.63, 3.8) is 0 Å². The molecule has 0 radical (unpaired) electrons. The Labute approximate surface area is 189 Å². The van der Waals surface area contributed by atoms with Crippen LogP contribution in [0.1, 0.15) is 36.1 Å². The monoisotopic (exact) mass is 420 g/mol. The van der Waals surface area contributed by atoms with E-state index in [2.05, 4.69) is 11.8 Å². The van der Waals surface area contributed by atoms with Crippen molar-refractivity contribution in [1.82, 2.24) is 0 Å². The van der Waals surface area contributed by atoms with Crippen LogP contribution in [0.2, 0.25) is 0 Å². The molecule has 0 aromatic heterocycles. The topological polar surface area (TPSA) is 43.4 Å². The van der Waals surface area contributed by atoms with E-state index in [0.717, 1.165) is 16.7 Å². The fourth-order valence-electron chi connectivity index (χ4n) is 3.06. The van der Waals surface area contributed by atoms with Crippen LogP contribution >= 0.6 is 0 Å². The normalized spacial score (nSPS) is 11.3. The van der Waals surface area contributed by atoms with Gasteiger partial charge < -0.3 is 4.74 Å². The number of ether oxygens (including phenoxy) is 1. The molecule has 0 bridgehead atoms. The minimum atomic E-state index is -0.649. The summed E-state index contributed by atoms with van der Waals surface area (Å²) >= 11 is 0. The van der Waals surface area contributed by atoms with E-state index in [9.17, 15) is 9.59 Å². The molecule has 3 heteroatoms. The maximum atomic E-state index is 13.2. The third kappa shape index (κ3) is 6.17. The lowest BCUT2D eigenvalue weighted by Gasteiger charge is -2.08. The average Bonchev–Trinajstić information content (AvgIpc) is 2.82. The predicted octanol–water partition coefficient (Wildman–Crippen LogP) is 5.71. The van der Waals surface area contributed by atoms with E-state index in [1.54, 1.807) is 26.0 Å². The van der Waals surface area contributed by atoms with Gasteiger partial charge in [-0.1, -0.05) is 78.6 Å². The van der Waals surface area contributed by atoms with Gasteiger partial charge in [-0.05, 0) is 60.9 Å². The first-order chi connectivity index (χ1) is 15.6. The maximum absolute atomic E-state index is 13.2. The van der Waals surface area contributed by atoms with Crippen LogP contribution < -0.4 is 0 Å². The number of Topliss-reactive ketones (excluding diaryl/α,β-unsaturated/α-hetero) is 1. The van der Waals surface area contributed by atoms with Crippen molar-refractivity contribution in [2.45, 2.75) is 13.8 Å². The van der Waals surface area contributed by atoms with Crippen LogP contribution in [0.3, 0.4) is 0 Å². The molecular formula is C29H24O3. The zero-order chi connectivity index (χ0) is 22.8. The van der Waals surface area contributed by atoms with E-state index in [-0.39, 0.29) is 18.0 Å². The first kappa shape index (κ1) is 22.5. The number of allylic oxidation sites excluding steroid dienone is 1. The zero-order valence-electron chi connectivity index (χ0n) is 18.2. The van der Waals surface area contributed by atoms with Gasteiger partial charge in [0.05, 0.1) is 6.61 Å². The second-order valence-electron chi connectivity index (χ2n) is 7.05. The molecule has 32 heavy (non-hydrogen) atoms. The summed E-state index contributed by atoms with van der Waals surface area (Å²) in [4.78, 5) is 25.8. The minimum Gasteiger partial charge on any atom is -0.462 e. The Balaban J connectivity index is 2.01. The molecule has 0 saturated heterocycles. The summed E-state index contributed by atoms with van der Waals surface area (Å²) in [6, 6.07) is 26.6. The lowest BCUT2D eigenvalue weighted by molar-refractivity contribution is -0.139. The van der Waals surface area contributed by atoms with Crippen molar-refractivity contribution in [2.75, 3.05) is 6.61 Å². The van der Waals surface area contributed by atoms with Crippen molar-refractivity contribution >= 4 is 23.9 Å². The third-order valence-electron chi connectivity index (χ3n) is 4.66. The molecule has 3 rings (SSSR count). The van der Waals surface area contributed by atoms with Gasteiger partial charge in [-0.3, -0.25) is 4.79 Å². The predicted molar refractivity (Wildman–Crippen MR) is 129 cm³/mol. The summed E-state index contributed by atoms with van der Waals surface area (Å²) in [5.74, 6) is 5.24. The number of carbonyl (C=O) groups excluding carboxylic acids is 2. The highest BCUT2D eigenvalue weighted by molar-refractivity contribution is 6.27. The highest BCUT2D eigenvalue weighted by Gasteiger charge is 2.21. The van der Waals surface area contributed by atoms with Gasteiger partial charge in [0.2, 0.25) is 0 Å². The van der Waals surface area contributed by atoms with E-state index < -0.39 is 5.97 Å². The highest BCUT2D eigenvalue weighted by atomic mass is 16.5. The lowest BCUT2D eigenvalue weighted by atomic mass is 9.98. The van der Waals surface area contributed by atoms with Crippen LogP contribution in [-0.2, 0) is 14.3 Å². The van der Waals surface area contributed by atoms with Gasteiger partial charge in [0, 0.05) is 11.1 Å². The molecule has 3 aromatic rings. The van der Waals surface area contributed by atoms with Gasteiger partial charge in [0.1, 0.15) is 5.57 Å². The van der Waals surface area contributed by atoms with E-state index in [1.807, 2.05) is 84.9 Å². The summed E-state index contributed by atoms with van der Waals surface area (Å²) in [6.45, 7) is 3.59. The number of benzene rings is 3. The molecule has 0 heterocycles. The fourth-order valence-corrected chi connectivity index (χ4v) is 3.06. The number of esters is 1. The summed E-state index contributed by atoms with van der Waals surface area (Å²) in [5, 5.41) is 0. The summed E-state index contributed by atoms with van der Waals surface area (Å²) in [6.07, 6.45) is 3.33. The highest BCUT2D eigenvalue weighted by Crippen LogP contribution is 2.18. The van der Waals surface area contributed by atoms with Gasteiger partial charge in [0.15, 0.2) is 5.78 Å². The van der Waals surface area contributed by atoms with E-state index >= 15 is 0 Å². The van der Waals surface area contributed by atoms with Crippen LogP contribution in [0.5, 0.6) is 0 Å². The molecule has 0 unspecified atom stereocenters. The molecule has 0 spiro atoms. The van der Waals surface area contributed by atoms with Crippen LogP contribution in [0, 0.1) is 11.8 Å². The minimum absolute atomic E-state index is 0.0227. The standard InChI is InChI=1S/C29H24O3/c1-3-32-29(31)27(28(30)22(2)20-24-14-8-5-9-15-24)21-26-17-11-10-16-25(26)19-18-23-12-6-4-7-13-23/h4-17,20-21H,3H2,1-2H3/b22-20+,27-21+. The number of hydrogen-bond donors (Lipinski definition) is 0. The van der Waals surface area contributed by atoms with Crippen LogP contribution in [-0.4, -0.2) is 18.4 Å². The molecule has 0 aliphatic rings. The molecular weight excluding hydrogens is 396 g/mol. The molecule has 3 nitrogen and oxygen atoms in total. The smallest absolute Gasteiger partial charge is 0.342 e. The zero-order valence-corrected chi connectivity index (χ0v) is 18.2. The van der Waals surface area contributed by atoms with Crippen LogP contribution in [0.4, 0.5) is 0 Å². The van der Waals surface area contributed by atoms with E-state index in [4.69, 9.17) is 4.74 Å². The first-order valence-electron chi connectivity index (χ1n) is 10.4. The molecule has 0 N–H and O–H groups in total. The third-order valence-corrected chi connectivity index (χ3v) is 4.66. The number of rotatable bonds is 6.